The van der Waals surface area contributed by atoms with Gasteiger partial charge in [-0.1, -0.05) is 41.5 Å². The maximum absolute atomic E-state index is 5.47. The van der Waals surface area contributed by atoms with Gasteiger partial charge >= 0.3 is 0 Å². The Morgan fingerprint density at radius 3 is 2.06 bits per heavy atom. The molecule has 94 valence electrons. The van der Waals surface area contributed by atoms with E-state index < -0.39 is 0 Å². The van der Waals surface area contributed by atoms with Gasteiger partial charge in [-0.15, -0.1) is 0 Å². The molecule has 0 spiro atoms. The third-order valence-corrected chi connectivity index (χ3v) is 4.05. The van der Waals surface area contributed by atoms with Crippen LogP contribution in [0.25, 0.3) is 0 Å². The van der Waals surface area contributed by atoms with E-state index in [2.05, 4.69) is 57.3 Å². The Balaban J connectivity index is 2.57. The van der Waals surface area contributed by atoms with Gasteiger partial charge in [0.1, 0.15) is 0 Å². The molecule has 0 aromatic heterocycles. The molecule has 0 bridgehead atoms. The molecule has 0 radical (unpaired) electrons. The first-order chi connectivity index (χ1) is 7.23. The number of hydrogen-bond donors (Lipinski definition) is 3. The summed E-state index contributed by atoms with van der Waals surface area (Å²) in [6, 6.07) is 0.432. The molecule has 0 saturated heterocycles. The van der Waals surface area contributed by atoms with Crippen LogP contribution in [0.15, 0.2) is 4.99 Å². The topological polar surface area (TPSA) is 62.4 Å². The average Bonchev–Trinajstić information content (AvgIpc) is 2.53. The normalized spacial score (nSPS) is 23.4. The van der Waals surface area contributed by atoms with Crippen LogP contribution in [0.5, 0.6) is 0 Å². The van der Waals surface area contributed by atoms with Crippen molar-refractivity contribution in [1.29, 1.82) is 0 Å². The number of aliphatic imine (C=N–C) groups is 1. The number of hydrogen-bond acceptors (Lipinski definition) is 2. The van der Waals surface area contributed by atoms with E-state index in [-0.39, 0.29) is 0 Å². The summed E-state index contributed by atoms with van der Waals surface area (Å²) in [6.07, 6.45) is 0. The summed E-state index contributed by atoms with van der Waals surface area (Å²) < 4.78 is 0. The first-order valence-corrected chi connectivity index (χ1v) is 6.01. The first-order valence-electron chi connectivity index (χ1n) is 6.01. The zero-order chi connectivity index (χ0) is 12.6. The van der Waals surface area contributed by atoms with E-state index >= 15 is 0 Å². The van der Waals surface area contributed by atoms with Crippen LogP contribution in [0.4, 0.5) is 0 Å². The van der Waals surface area contributed by atoms with Gasteiger partial charge in [-0.3, -0.25) is 10.4 Å². The van der Waals surface area contributed by atoms with E-state index in [9.17, 15) is 0 Å². The fraction of sp³-hybridized carbons (Fsp3) is 0.917. The maximum atomic E-state index is 5.47. The van der Waals surface area contributed by atoms with Gasteiger partial charge in [0, 0.05) is 12.6 Å². The molecule has 1 aliphatic rings. The third-order valence-electron chi connectivity index (χ3n) is 4.05. The van der Waals surface area contributed by atoms with Crippen molar-refractivity contribution in [2.24, 2.45) is 27.6 Å². The van der Waals surface area contributed by atoms with Crippen LogP contribution < -0.4 is 16.6 Å². The summed E-state index contributed by atoms with van der Waals surface area (Å²) in [6.45, 7) is 14.1. The second-order valence-electron chi connectivity index (χ2n) is 6.25. The Bertz CT molecular complexity index is 265. The molecule has 0 aromatic rings. The molecular formula is C12H26N4. The molecule has 0 atom stereocenters. The molecule has 0 heterocycles. The Morgan fingerprint density at radius 1 is 1.25 bits per heavy atom. The highest BCUT2D eigenvalue weighted by molar-refractivity contribution is 5.80. The van der Waals surface area contributed by atoms with Crippen LogP contribution >= 0.6 is 0 Å². The third kappa shape index (κ3) is 2.32. The van der Waals surface area contributed by atoms with Crippen LogP contribution in [0.3, 0.4) is 0 Å². The predicted octanol–water partition coefficient (Wildman–Crippen LogP) is 1.49. The van der Waals surface area contributed by atoms with Crippen molar-refractivity contribution in [3.8, 4) is 0 Å². The first kappa shape index (κ1) is 13.3. The van der Waals surface area contributed by atoms with Crippen LogP contribution in [-0.4, -0.2) is 18.5 Å². The molecule has 4 heteroatoms. The average molecular weight is 226 g/mol. The van der Waals surface area contributed by atoms with Gasteiger partial charge in [-0.2, -0.15) is 0 Å². The molecule has 1 aliphatic carbocycles. The Morgan fingerprint density at radius 2 is 1.75 bits per heavy atom. The van der Waals surface area contributed by atoms with Gasteiger partial charge in [0.15, 0.2) is 0 Å². The molecule has 1 fully saturated rings. The molecular weight excluding hydrogens is 200 g/mol. The van der Waals surface area contributed by atoms with Crippen molar-refractivity contribution in [3.05, 3.63) is 0 Å². The summed E-state index contributed by atoms with van der Waals surface area (Å²) in [4.78, 5) is 4.42. The molecule has 0 aliphatic heterocycles. The minimum Gasteiger partial charge on any atom is -0.351 e. The maximum Gasteiger partial charge on any atom is 0.205 e. The van der Waals surface area contributed by atoms with Crippen LogP contribution in [0.1, 0.15) is 41.5 Å². The predicted molar refractivity (Wildman–Crippen MR) is 68.9 cm³/mol. The van der Waals surface area contributed by atoms with Gasteiger partial charge in [-0.05, 0) is 16.7 Å². The van der Waals surface area contributed by atoms with E-state index in [4.69, 9.17) is 5.84 Å². The lowest BCUT2D eigenvalue weighted by Crippen LogP contribution is -2.44. The second kappa shape index (κ2) is 4.24. The van der Waals surface area contributed by atoms with E-state index in [1.807, 2.05) is 0 Å². The van der Waals surface area contributed by atoms with Crippen molar-refractivity contribution >= 4 is 5.96 Å². The highest BCUT2D eigenvalue weighted by atomic mass is 15.3. The van der Waals surface area contributed by atoms with Crippen molar-refractivity contribution in [3.63, 3.8) is 0 Å². The minimum atomic E-state index is 0.294. The van der Waals surface area contributed by atoms with Gasteiger partial charge in [0.2, 0.25) is 5.96 Å². The number of nitrogens with zero attached hydrogens (tertiary/aromatic N) is 1. The Hall–Kier alpha value is -0.770. The van der Waals surface area contributed by atoms with Crippen molar-refractivity contribution in [1.82, 2.24) is 10.7 Å². The minimum absolute atomic E-state index is 0.294. The SMILES string of the molecule is CC(C)CN=C(NN)NC1C(C)(C)C1(C)C. The number of nitrogens with two attached hydrogens (primary N) is 1. The molecule has 4 N–H and O–H groups in total. The molecule has 0 aromatic carbocycles. The van der Waals surface area contributed by atoms with E-state index in [1.54, 1.807) is 0 Å². The number of nitrogens with one attached hydrogen (secondary N) is 2. The van der Waals surface area contributed by atoms with Gasteiger partial charge in [0.05, 0.1) is 0 Å². The fourth-order valence-electron chi connectivity index (χ4n) is 2.10. The fourth-order valence-corrected chi connectivity index (χ4v) is 2.10. The summed E-state index contributed by atoms with van der Waals surface area (Å²) in [5.41, 5.74) is 3.23. The zero-order valence-electron chi connectivity index (χ0n) is 11.4. The van der Waals surface area contributed by atoms with Crippen molar-refractivity contribution in [2.45, 2.75) is 47.6 Å². The summed E-state index contributed by atoms with van der Waals surface area (Å²) >= 11 is 0. The van der Waals surface area contributed by atoms with Crippen LogP contribution in [0.2, 0.25) is 0 Å². The number of hydrazine groups is 1. The van der Waals surface area contributed by atoms with Crippen LogP contribution in [-0.2, 0) is 0 Å². The van der Waals surface area contributed by atoms with Crippen molar-refractivity contribution in [2.75, 3.05) is 6.54 Å². The van der Waals surface area contributed by atoms with E-state index in [0.29, 0.717) is 28.7 Å². The summed E-state index contributed by atoms with van der Waals surface area (Å²) in [5.74, 6) is 6.72. The molecule has 16 heavy (non-hydrogen) atoms. The molecule has 1 saturated carbocycles. The van der Waals surface area contributed by atoms with Gasteiger partial charge < -0.3 is 5.32 Å². The highest BCUT2D eigenvalue weighted by Gasteiger charge is 2.65. The van der Waals surface area contributed by atoms with Crippen LogP contribution in [0, 0.1) is 16.7 Å². The smallest absolute Gasteiger partial charge is 0.205 e. The summed E-state index contributed by atoms with van der Waals surface area (Å²) in [7, 11) is 0. The highest BCUT2D eigenvalue weighted by Crippen LogP contribution is 2.62. The lowest BCUT2D eigenvalue weighted by Gasteiger charge is -2.11. The number of guanidine groups is 1. The Labute approximate surface area is 99.1 Å². The largest absolute Gasteiger partial charge is 0.351 e. The molecule has 0 unspecified atom stereocenters. The lowest BCUT2D eigenvalue weighted by atomic mass is 10.0. The lowest BCUT2D eigenvalue weighted by molar-refractivity contribution is 0.457. The number of rotatable bonds is 3. The molecule has 1 rings (SSSR count). The van der Waals surface area contributed by atoms with Gasteiger partial charge in [0.25, 0.3) is 0 Å². The molecule has 4 nitrogen and oxygen atoms in total. The Kier molecular flexibility index (Phi) is 3.53. The second-order valence-corrected chi connectivity index (χ2v) is 6.25. The standard InChI is InChI=1S/C12H26N4/c1-8(2)7-14-10(16-13)15-9-11(3,4)12(9,5)6/h8-9H,7,13H2,1-6H3,(H2,14,15,16). The van der Waals surface area contributed by atoms with Crippen molar-refractivity contribution < 1.29 is 0 Å². The quantitative estimate of drug-likeness (QED) is 0.296. The zero-order valence-corrected chi connectivity index (χ0v) is 11.4. The monoisotopic (exact) mass is 226 g/mol. The van der Waals surface area contributed by atoms with E-state index in [1.165, 1.54) is 0 Å². The summed E-state index contributed by atoms with van der Waals surface area (Å²) in [5, 5.41) is 3.39. The molecule has 0 amide bonds. The van der Waals surface area contributed by atoms with Gasteiger partial charge in [-0.25, -0.2) is 5.84 Å². The van der Waals surface area contributed by atoms with E-state index in [0.717, 1.165) is 6.54 Å².